The molecule has 0 aliphatic rings. The van der Waals surface area contributed by atoms with Crippen molar-refractivity contribution in [1.29, 1.82) is 0 Å². The fraction of sp³-hybridized carbons (Fsp3) is 0.286. The third-order valence-corrected chi connectivity index (χ3v) is 3.31. The number of rotatable bonds is 5. The van der Waals surface area contributed by atoms with Crippen LogP contribution in [0.15, 0.2) is 35.1 Å². The number of hydrogen-bond acceptors (Lipinski definition) is 4. The van der Waals surface area contributed by atoms with Crippen LogP contribution in [0, 0.1) is 0 Å². The van der Waals surface area contributed by atoms with Gasteiger partial charge in [0.05, 0.1) is 44.8 Å². The molecular formula is C14H15ClO4. The zero-order valence-electron chi connectivity index (χ0n) is 11.0. The van der Waals surface area contributed by atoms with Crippen molar-refractivity contribution in [1.82, 2.24) is 0 Å². The van der Waals surface area contributed by atoms with Gasteiger partial charge < -0.3 is 18.6 Å². The first-order chi connectivity index (χ1) is 9.21. The summed E-state index contributed by atoms with van der Waals surface area (Å²) in [5.74, 6) is 1.86. The van der Waals surface area contributed by atoms with Crippen LogP contribution in [0.2, 0.25) is 0 Å². The van der Waals surface area contributed by atoms with Crippen LogP contribution >= 0.6 is 11.6 Å². The maximum Gasteiger partial charge on any atom is 0.131 e. The summed E-state index contributed by atoms with van der Waals surface area (Å²) >= 11 is 6.48. The molecule has 0 bridgehead atoms. The summed E-state index contributed by atoms with van der Waals surface area (Å²) in [4.78, 5) is 0. The first kappa shape index (κ1) is 13.6. The van der Waals surface area contributed by atoms with E-state index in [4.69, 9.17) is 30.2 Å². The number of methoxy groups -OCH3 is 3. The summed E-state index contributed by atoms with van der Waals surface area (Å²) in [6, 6.07) is 5.35. The Labute approximate surface area is 116 Å². The van der Waals surface area contributed by atoms with E-state index in [2.05, 4.69) is 0 Å². The third kappa shape index (κ3) is 2.63. The molecule has 0 aliphatic heterocycles. The zero-order chi connectivity index (χ0) is 13.8. The molecule has 0 aliphatic carbocycles. The maximum absolute atomic E-state index is 6.48. The molecule has 4 nitrogen and oxygen atoms in total. The molecular weight excluding hydrogens is 268 g/mol. The lowest BCUT2D eigenvalue weighted by molar-refractivity contribution is 0.369. The predicted molar refractivity (Wildman–Crippen MR) is 72.5 cm³/mol. The minimum absolute atomic E-state index is 0.422. The van der Waals surface area contributed by atoms with Gasteiger partial charge in [-0.15, -0.1) is 11.6 Å². The van der Waals surface area contributed by atoms with Crippen LogP contribution in [-0.2, 0) is 0 Å². The summed E-state index contributed by atoms with van der Waals surface area (Å²) in [5, 5.41) is -0.422. The van der Waals surface area contributed by atoms with Crippen LogP contribution < -0.4 is 14.2 Å². The third-order valence-electron chi connectivity index (χ3n) is 2.84. The molecule has 5 heteroatoms. The summed E-state index contributed by atoms with van der Waals surface area (Å²) in [6.07, 6.45) is 3.17. The highest BCUT2D eigenvalue weighted by Gasteiger charge is 2.23. The molecule has 0 amide bonds. The summed E-state index contributed by atoms with van der Waals surface area (Å²) in [5.41, 5.74) is 1.58. The van der Waals surface area contributed by atoms with E-state index >= 15 is 0 Å². The van der Waals surface area contributed by atoms with E-state index in [9.17, 15) is 0 Å². The van der Waals surface area contributed by atoms with Crippen molar-refractivity contribution < 1.29 is 18.6 Å². The van der Waals surface area contributed by atoms with Crippen LogP contribution in [0.3, 0.4) is 0 Å². The Hall–Kier alpha value is -1.81. The number of alkyl halides is 1. The van der Waals surface area contributed by atoms with Gasteiger partial charge in [0.15, 0.2) is 0 Å². The molecule has 2 rings (SSSR count). The van der Waals surface area contributed by atoms with Gasteiger partial charge in [0.2, 0.25) is 0 Å². The van der Waals surface area contributed by atoms with Gasteiger partial charge >= 0.3 is 0 Å². The van der Waals surface area contributed by atoms with Crippen LogP contribution in [0.25, 0.3) is 0 Å². The van der Waals surface area contributed by atoms with Crippen molar-refractivity contribution in [3.63, 3.8) is 0 Å². The van der Waals surface area contributed by atoms with E-state index in [-0.39, 0.29) is 0 Å². The van der Waals surface area contributed by atoms with Crippen molar-refractivity contribution in [3.05, 3.63) is 41.9 Å². The average molecular weight is 283 g/mol. The highest BCUT2D eigenvalue weighted by atomic mass is 35.5. The molecule has 1 aromatic carbocycles. The van der Waals surface area contributed by atoms with Gasteiger partial charge in [-0.25, -0.2) is 0 Å². The normalized spacial score (nSPS) is 12.0. The van der Waals surface area contributed by atoms with Crippen molar-refractivity contribution in [2.75, 3.05) is 21.3 Å². The van der Waals surface area contributed by atoms with Crippen molar-refractivity contribution in [3.8, 4) is 17.2 Å². The van der Waals surface area contributed by atoms with Crippen molar-refractivity contribution in [2.24, 2.45) is 0 Å². The van der Waals surface area contributed by atoms with Crippen molar-refractivity contribution >= 4 is 11.6 Å². The van der Waals surface area contributed by atoms with Crippen LogP contribution in [0.1, 0.15) is 16.5 Å². The first-order valence-electron chi connectivity index (χ1n) is 5.67. The lowest BCUT2D eigenvalue weighted by Crippen LogP contribution is -2.01. The molecule has 0 radical (unpaired) electrons. The van der Waals surface area contributed by atoms with Gasteiger partial charge in [0.25, 0.3) is 0 Å². The van der Waals surface area contributed by atoms with E-state index in [0.717, 1.165) is 11.1 Å². The second kappa shape index (κ2) is 5.89. The molecule has 0 fully saturated rings. The molecule has 1 heterocycles. The van der Waals surface area contributed by atoms with Crippen LogP contribution in [0.5, 0.6) is 17.2 Å². The van der Waals surface area contributed by atoms with Crippen molar-refractivity contribution in [2.45, 2.75) is 5.38 Å². The Morgan fingerprint density at radius 2 is 1.68 bits per heavy atom. The van der Waals surface area contributed by atoms with E-state index in [1.165, 1.54) is 0 Å². The molecule has 102 valence electrons. The highest BCUT2D eigenvalue weighted by molar-refractivity contribution is 6.23. The average Bonchev–Trinajstić information content (AvgIpc) is 2.99. The van der Waals surface area contributed by atoms with Gasteiger partial charge in [0.1, 0.15) is 17.2 Å². The maximum atomic E-state index is 6.48. The standard InChI is InChI=1S/C14H15ClO4/c1-16-10-6-11(17-2)13(12(7-10)18-3)14(15)9-4-5-19-8-9/h4-8,14H,1-3H3. The number of ether oxygens (including phenoxy) is 3. The SMILES string of the molecule is COc1cc(OC)c(C(Cl)c2ccoc2)c(OC)c1. The minimum atomic E-state index is -0.422. The van der Waals surface area contributed by atoms with Gasteiger partial charge in [-0.1, -0.05) is 0 Å². The Kier molecular flexibility index (Phi) is 4.22. The minimum Gasteiger partial charge on any atom is -0.496 e. The molecule has 0 spiro atoms. The van der Waals surface area contributed by atoms with Gasteiger partial charge in [-0.05, 0) is 6.07 Å². The Morgan fingerprint density at radius 1 is 1.05 bits per heavy atom. The van der Waals surface area contributed by atoms with Gasteiger partial charge in [-0.2, -0.15) is 0 Å². The Morgan fingerprint density at radius 3 is 2.11 bits per heavy atom. The highest BCUT2D eigenvalue weighted by Crippen LogP contribution is 2.43. The molecule has 19 heavy (non-hydrogen) atoms. The molecule has 0 saturated heterocycles. The van der Waals surface area contributed by atoms with E-state index in [1.54, 1.807) is 52.1 Å². The molecule has 1 unspecified atom stereocenters. The number of hydrogen-bond donors (Lipinski definition) is 0. The van der Waals surface area contributed by atoms with Crippen LogP contribution in [-0.4, -0.2) is 21.3 Å². The molecule has 2 aromatic rings. The fourth-order valence-corrected chi connectivity index (χ4v) is 2.21. The summed E-state index contributed by atoms with van der Waals surface area (Å²) < 4.78 is 21.0. The predicted octanol–water partition coefficient (Wildman–Crippen LogP) is 3.63. The number of benzene rings is 1. The second-order valence-electron chi connectivity index (χ2n) is 3.86. The van der Waals surface area contributed by atoms with Gasteiger partial charge in [-0.3, -0.25) is 0 Å². The van der Waals surface area contributed by atoms with E-state index in [1.807, 2.05) is 0 Å². The lowest BCUT2D eigenvalue weighted by atomic mass is 10.0. The smallest absolute Gasteiger partial charge is 0.131 e. The zero-order valence-corrected chi connectivity index (χ0v) is 11.7. The largest absolute Gasteiger partial charge is 0.496 e. The summed E-state index contributed by atoms with van der Waals surface area (Å²) in [7, 11) is 4.75. The first-order valence-corrected chi connectivity index (χ1v) is 6.11. The van der Waals surface area contributed by atoms with Gasteiger partial charge in [0, 0.05) is 17.7 Å². The lowest BCUT2D eigenvalue weighted by Gasteiger charge is -2.18. The molecule has 0 N–H and O–H groups in total. The second-order valence-corrected chi connectivity index (χ2v) is 4.30. The molecule has 1 aromatic heterocycles. The molecule has 0 saturated carbocycles. The monoisotopic (exact) mass is 282 g/mol. The van der Waals surface area contributed by atoms with Crippen LogP contribution in [0.4, 0.5) is 0 Å². The topological polar surface area (TPSA) is 40.8 Å². The number of halogens is 1. The van der Waals surface area contributed by atoms with E-state index in [0.29, 0.717) is 17.2 Å². The quantitative estimate of drug-likeness (QED) is 0.785. The Bertz CT molecular complexity index is 511. The summed E-state index contributed by atoms with van der Waals surface area (Å²) in [6.45, 7) is 0. The number of furan rings is 1. The van der Waals surface area contributed by atoms with E-state index < -0.39 is 5.38 Å². The Balaban J connectivity index is 2.54. The fourth-order valence-electron chi connectivity index (χ4n) is 1.87. The molecule has 1 atom stereocenters.